The Morgan fingerprint density at radius 2 is 1.67 bits per heavy atom. The smallest absolute Gasteiger partial charge is 0.260 e. The van der Waals surface area contributed by atoms with Gasteiger partial charge in [0.15, 0.2) is 12.0 Å². The third-order valence-corrected chi connectivity index (χ3v) is 12.0. The van der Waals surface area contributed by atoms with Crippen LogP contribution >= 0.6 is 0 Å². The molecule has 1 spiro atoms. The number of benzene rings is 1. The Morgan fingerprint density at radius 1 is 0.978 bits per heavy atom. The quantitative estimate of drug-likeness (QED) is 0.118. The number of hydrogen-bond donors (Lipinski definition) is 6. The van der Waals surface area contributed by atoms with E-state index in [4.69, 9.17) is 9.47 Å². The first-order chi connectivity index (χ1) is 21.7. The molecule has 252 valence electrons. The van der Waals surface area contributed by atoms with Crippen molar-refractivity contribution in [1.82, 2.24) is 5.32 Å². The summed E-state index contributed by atoms with van der Waals surface area (Å²) in [4.78, 5) is 25.7. The van der Waals surface area contributed by atoms with Crippen molar-refractivity contribution in [1.29, 1.82) is 0 Å². The molecule has 1 aromatic carbocycles. The van der Waals surface area contributed by atoms with Crippen LogP contribution in [0.3, 0.4) is 0 Å². The van der Waals surface area contributed by atoms with Crippen molar-refractivity contribution in [2.75, 3.05) is 0 Å². The molecular weight excluding hydrogens is 590 g/mol. The van der Waals surface area contributed by atoms with Gasteiger partial charge in [0, 0.05) is 24.3 Å². The van der Waals surface area contributed by atoms with E-state index >= 15 is 0 Å². The molecule has 1 aromatic rings. The van der Waals surface area contributed by atoms with Crippen LogP contribution in [0.5, 0.6) is 11.5 Å². The predicted octanol–water partition coefficient (Wildman–Crippen LogP) is 4.78. The Morgan fingerprint density at radius 3 is 2.33 bits per heavy atom. The molecule has 5 aliphatic rings. The van der Waals surface area contributed by atoms with Gasteiger partial charge in [-0.25, -0.2) is 0 Å². The van der Waals surface area contributed by atoms with E-state index in [1.807, 2.05) is 13.8 Å². The van der Waals surface area contributed by atoms with Gasteiger partial charge < -0.3 is 40.3 Å². The minimum absolute atomic E-state index is 0.0311. The number of phenolic OH excluding ortho intramolecular Hbond substituents is 2. The maximum atomic E-state index is 12.9. The third kappa shape index (κ3) is 5.65. The highest BCUT2D eigenvalue weighted by molar-refractivity contribution is 6.26. The maximum absolute atomic E-state index is 12.9. The number of ketones is 1. The van der Waals surface area contributed by atoms with Gasteiger partial charge >= 0.3 is 0 Å². The Hall–Kier alpha value is -2.92. The van der Waals surface area contributed by atoms with E-state index in [1.165, 1.54) is 6.07 Å². The van der Waals surface area contributed by atoms with Crippen molar-refractivity contribution in [3.63, 3.8) is 0 Å². The lowest BCUT2D eigenvalue weighted by atomic mass is 9.56. The summed E-state index contributed by atoms with van der Waals surface area (Å²) < 4.78 is 13.9. The zero-order valence-electron chi connectivity index (χ0n) is 27.3. The summed E-state index contributed by atoms with van der Waals surface area (Å²) in [7, 11) is 0. The average Bonchev–Trinajstić information content (AvgIpc) is 3.24. The molecule has 3 saturated heterocycles. The van der Waals surface area contributed by atoms with Crippen LogP contribution in [0.15, 0.2) is 41.2 Å². The van der Waals surface area contributed by atoms with Crippen LogP contribution in [-0.4, -0.2) is 61.4 Å². The number of nitrogens with one attached hydrogen (secondary N) is 1. The fraction of sp³-hybridized carbons (Fsp3) is 0.667. The topological polar surface area (TPSA) is 166 Å². The van der Waals surface area contributed by atoms with Gasteiger partial charge in [-0.15, -0.1) is 0 Å². The van der Waals surface area contributed by atoms with Gasteiger partial charge in [-0.05, 0) is 92.2 Å². The molecule has 46 heavy (non-hydrogen) atoms. The minimum Gasteiger partial charge on any atom is -0.511 e. The minimum atomic E-state index is -1.69. The molecule has 6 N–H and O–H groups in total. The molecule has 4 fully saturated rings. The monoisotopic (exact) mass is 639 g/mol. The summed E-state index contributed by atoms with van der Waals surface area (Å²) >= 11 is 0. The van der Waals surface area contributed by atoms with Crippen LogP contribution in [-0.2, 0) is 19.1 Å². The number of aromatic hydroxyl groups is 2. The number of aliphatic hydroxyl groups excluding tert-OH is 3. The van der Waals surface area contributed by atoms with Crippen molar-refractivity contribution in [3.8, 4) is 11.5 Å². The highest BCUT2D eigenvalue weighted by Gasteiger charge is 2.54. The fourth-order valence-corrected chi connectivity index (χ4v) is 9.40. The summed E-state index contributed by atoms with van der Waals surface area (Å²) in [6.07, 6.45) is 3.50. The van der Waals surface area contributed by atoms with Gasteiger partial charge in [0.25, 0.3) is 5.91 Å². The Kier molecular flexibility index (Phi) is 8.80. The second-order valence-corrected chi connectivity index (χ2v) is 14.9. The SMILES string of the molecule is CC1=CC2CC[C@@H](O)[C@H](C)C2[C@@H](C(O)=C2C(=O)NC(O)C2=O)[C@@H]1C[C@H]1OC2(CC[C@H](C)[C@@H](c3cc(O)cc(O)c3)O2)[C@@H](C)C[C@@H]1C. The van der Waals surface area contributed by atoms with Gasteiger partial charge in [0.05, 0.1) is 18.3 Å². The van der Waals surface area contributed by atoms with Crippen LogP contribution in [0.1, 0.15) is 84.8 Å². The lowest BCUT2D eigenvalue weighted by molar-refractivity contribution is -0.356. The first kappa shape index (κ1) is 33.0. The van der Waals surface area contributed by atoms with Crippen molar-refractivity contribution >= 4 is 11.7 Å². The van der Waals surface area contributed by atoms with Crippen LogP contribution in [0, 0.1) is 47.3 Å². The first-order valence-electron chi connectivity index (χ1n) is 16.9. The van der Waals surface area contributed by atoms with E-state index in [0.29, 0.717) is 24.8 Å². The van der Waals surface area contributed by atoms with Crippen molar-refractivity contribution in [2.45, 2.75) is 103 Å². The molecule has 13 atom stereocenters. The summed E-state index contributed by atoms with van der Waals surface area (Å²) in [5.74, 6) is -3.85. The Bertz CT molecular complexity index is 1420. The van der Waals surface area contributed by atoms with E-state index in [1.54, 1.807) is 12.1 Å². The standard InChI is InChI=1S/C36H49NO9/c1-16-8-9-36(46-33(16)22-12-23(38)14-24(39)13-22)19(4)10-18(3)27(45-36)15-25-17(2)11-21-6-7-26(40)20(5)28(21)29(25)31(41)30-32(42)35(44)37-34(30)43/h11-14,16,18-21,25-29,33,35,38-41,44H,6-10,15H2,1-5H3,(H,37,43)/t16-,18-,19-,20-,21?,25+,26+,27+,28?,29-,33-,35?,36?/m0/s1. The number of fused-ring (bicyclic) bond motifs is 1. The number of amides is 1. The molecule has 4 unspecified atom stereocenters. The average molecular weight is 640 g/mol. The maximum Gasteiger partial charge on any atom is 0.260 e. The number of carbonyl (C=O) groups is 2. The lowest BCUT2D eigenvalue weighted by Crippen LogP contribution is -2.55. The van der Waals surface area contributed by atoms with Gasteiger partial charge in [0.2, 0.25) is 5.78 Å². The number of ether oxygens (including phenoxy) is 2. The highest BCUT2D eigenvalue weighted by atomic mass is 16.7. The van der Waals surface area contributed by atoms with Crippen molar-refractivity contribution < 1.29 is 44.6 Å². The Labute approximate surface area is 270 Å². The summed E-state index contributed by atoms with van der Waals surface area (Å²) in [6.45, 7) is 10.4. The van der Waals surface area contributed by atoms with Crippen LogP contribution in [0.25, 0.3) is 0 Å². The molecule has 0 aromatic heterocycles. The molecule has 10 nitrogen and oxygen atoms in total. The second kappa shape index (κ2) is 12.3. The number of rotatable bonds is 4. The predicted molar refractivity (Wildman–Crippen MR) is 168 cm³/mol. The van der Waals surface area contributed by atoms with Crippen LogP contribution < -0.4 is 5.32 Å². The molecule has 6 rings (SSSR count). The molecule has 2 aliphatic carbocycles. The number of phenols is 2. The molecular formula is C36H49NO9. The van der Waals surface area contributed by atoms with E-state index in [-0.39, 0.29) is 64.8 Å². The van der Waals surface area contributed by atoms with Crippen molar-refractivity contribution in [3.05, 3.63) is 46.7 Å². The van der Waals surface area contributed by atoms with E-state index in [2.05, 4.69) is 32.2 Å². The summed E-state index contributed by atoms with van der Waals surface area (Å²) in [5, 5.41) is 55.5. The van der Waals surface area contributed by atoms with Crippen LogP contribution in [0.4, 0.5) is 0 Å². The highest BCUT2D eigenvalue weighted by Crippen LogP contribution is 2.55. The second-order valence-electron chi connectivity index (χ2n) is 14.9. The fourth-order valence-electron chi connectivity index (χ4n) is 9.40. The van der Waals surface area contributed by atoms with E-state index < -0.39 is 47.4 Å². The number of Topliss-reactive ketones (excluding diaryl/α,β-unsaturated/α-hetero) is 1. The molecule has 3 heterocycles. The third-order valence-electron chi connectivity index (χ3n) is 12.0. The normalized spacial score (nSPS) is 44.0. The number of carbonyl (C=O) groups excluding carboxylic acids is 2. The molecule has 0 radical (unpaired) electrons. The molecule has 3 aliphatic heterocycles. The van der Waals surface area contributed by atoms with Crippen LogP contribution in [0.2, 0.25) is 0 Å². The number of aliphatic hydroxyl groups is 3. The zero-order chi connectivity index (χ0) is 33.2. The first-order valence-corrected chi connectivity index (χ1v) is 16.9. The molecule has 10 heteroatoms. The molecule has 0 bridgehead atoms. The van der Waals surface area contributed by atoms with Gasteiger partial charge in [-0.1, -0.05) is 39.3 Å². The molecule has 1 amide bonds. The van der Waals surface area contributed by atoms with E-state index in [9.17, 15) is 35.1 Å². The number of allylic oxidation sites excluding steroid dienone is 3. The van der Waals surface area contributed by atoms with E-state index in [0.717, 1.165) is 24.8 Å². The van der Waals surface area contributed by atoms with Gasteiger partial charge in [0.1, 0.15) is 22.8 Å². The lowest BCUT2D eigenvalue weighted by Gasteiger charge is -2.54. The largest absolute Gasteiger partial charge is 0.511 e. The Balaban J connectivity index is 1.35. The molecule has 1 saturated carbocycles. The summed E-state index contributed by atoms with van der Waals surface area (Å²) in [5.41, 5.74) is 1.34. The number of hydrogen-bond acceptors (Lipinski definition) is 9. The summed E-state index contributed by atoms with van der Waals surface area (Å²) in [6, 6.07) is 4.54. The van der Waals surface area contributed by atoms with Crippen molar-refractivity contribution in [2.24, 2.45) is 47.3 Å². The van der Waals surface area contributed by atoms with Gasteiger partial charge in [-0.2, -0.15) is 0 Å². The zero-order valence-corrected chi connectivity index (χ0v) is 27.3. The van der Waals surface area contributed by atoms with Gasteiger partial charge in [-0.3, -0.25) is 9.59 Å².